The highest BCUT2D eigenvalue weighted by Crippen LogP contribution is 2.28. The minimum Gasteiger partial charge on any atom is -0.489 e. The van der Waals surface area contributed by atoms with Crippen molar-refractivity contribution in [1.82, 2.24) is 9.78 Å². The fraction of sp³-hybridized carbons (Fsp3) is 0.333. The first-order valence-corrected chi connectivity index (χ1v) is 6.80. The van der Waals surface area contributed by atoms with Crippen molar-refractivity contribution in [2.75, 3.05) is 12.3 Å². The zero-order valence-electron chi connectivity index (χ0n) is 12.4. The summed E-state index contributed by atoms with van der Waals surface area (Å²) in [5.74, 6) is 0.188. The van der Waals surface area contributed by atoms with E-state index in [2.05, 4.69) is 5.10 Å². The lowest BCUT2D eigenvalue weighted by molar-refractivity contribution is 0.0526. The molecule has 21 heavy (non-hydrogen) atoms. The van der Waals surface area contributed by atoms with Crippen molar-refractivity contribution in [3.63, 3.8) is 0 Å². The van der Waals surface area contributed by atoms with Crippen molar-refractivity contribution in [1.29, 1.82) is 0 Å². The summed E-state index contributed by atoms with van der Waals surface area (Å²) in [6, 6.07) is 5.44. The Hall–Kier alpha value is -2.50. The van der Waals surface area contributed by atoms with Crippen LogP contribution in [-0.2, 0) is 4.74 Å². The number of nitrogens with zero attached hydrogens (tertiary/aromatic N) is 2. The van der Waals surface area contributed by atoms with Crippen molar-refractivity contribution in [3.05, 3.63) is 36.2 Å². The predicted octanol–water partition coefficient (Wildman–Crippen LogP) is 2.42. The van der Waals surface area contributed by atoms with Crippen LogP contribution in [0.5, 0.6) is 5.75 Å². The molecule has 2 aromatic rings. The average Bonchev–Trinajstić information content (AvgIpc) is 2.90. The summed E-state index contributed by atoms with van der Waals surface area (Å²) in [6.07, 6.45) is 3.06. The van der Waals surface area contributed by atoms with E-state index in [9.17, 15) is 4.79 Å². The highest BCUT2D eigenvalue weighted by molar-refractivity contribution is 5.89. The maximum absolute atomic E-state index is 11.7. The topological polar surface area (TPSA) is 79.4 Å². The number of esters is 1. The minimum atomic E-state index is -0.406. The monoisotopic (exact) mass is 289 g/mol. The van der Waals surface area contributed by atoms with Crippen molar-refractivity contribution >= 4 is 11.7 Å². The Morgan fingerprint density at radius 1 is 1.43 bits per heavy atom. The molecular formula is C15H19N3O3. The third-order valence-electron chi connectivity index (χ3n) is 2.75. The van der Waals surface area contributed by atoms with Crippen LogP contribution in [0.2, 0.25) is 0 Å². The molecule has 0 spiro atoms. The van der Waals surface area contributed by atoms with Crippen LogP contribution in [0, 0.1) is 0 Å². The van der Waals surface area contributed by atoms with Crippen molar-refractivity contribution < 1.29 is 14.3 Å². The van der Waals surface area contributed by atoms with Gasteiger partial charge in [-0.1, -0.05) is 6.07 Å². The maximum Gasteiger partial charge on any atom is 0.341 e. The molecular weight excluding hydrogens is 270 g/mol. The normalized spacial score (nSPS) is 10.7. The van der Waals surface area contributed by atoms with Gasteiger partial charge in [0.15, 0.2) is 0 Å². The summed E-state index contributed by atoms with van der Waals surface area (Å²) in [6.45, 7) is 5.94. The van der Waals surface area contributed by atoms with E-state index in [4.69, 9.17) is 15.2 Å². The Labute approximate surface area is 123 Å². The van der Waals surface area contributed by atoms with Gasteiger partial charge in [-0.05, 0) is 32.9 Å². The number of ether oxygens (including phenoxy) is 2. The molecule has 6 nitrogen and oxygen atoms in total. The number of hydrogen-bond donors (Lipinski definition) is 1. The number of aromatic nitrogens is 2. The average molecular weight is 289 g/mol. The van der Waals surface area contributed by atoms with Crippen LogP contribution >= 0.6 is 0 Å². The summed E-state index contributed by atoms with van der Waals surface area (Å²) < 4.78 is 12.1. The molecule has 1 aromatic heterocycles. The molecule has 0 aliphatic rings. The Balaban J connectivity index is 2.32. The molecule has 2 rings (SSSR count). The predicted molar refractivity (Wildman–Crippen MR) is 79.7 cm³/mol. The van der Waals surface area contributed by atoms with Gasteiger partial charge >= 0.3 is 5.97 Å². The largest absolute Gasteiger partial charge is 0.489 e. The number of para-hydroxylation sites is 1. The number of nitrogens with two attached hydrogens (primary N) is 1. The molecule has 2 N–H and O–H groups in total. The lowest BCUT2D eigenvalue weighted by atomic mass is 10.2. The van der Waals surface area contributed by atoms with Crippen LogP contribution < -0.4 is 10.5 Å². The Morgan fingerprint density at radius 2 is 2.19 bits per heavy atom. The van der Waals surface area contributed by atoms with Crippen LogP contribution in [0.25, 0.3) is 5.69 Å². The Bertz CT molecular complexity index is 635. The first kappa shape index (κ1) is 14.9. The lowest BCUT2D eigenvalue weighted by Crippen LogP contribution is -2.09. The Kier molecular flexibility index (Phi) is 4.47. The van der Waals surface area contributed by atoms with Crippen molar-refractivity contribution in [3.8, 4) is 11.4 Å². The third kappa shape index (κ3) is 3.34. The molecule has 0 unspecified atom stereocenters. The number of carbonyl (C=O) groups is 1. The van der Waals surface area contributed by atoms with E-state index in [0.717, 1.165) is 0 Å². The fourth-order valence-corrected chi connectivity index (χ4v) is 1.86. The molecule has 0 fully saturated rings. The summed E-state index contributed by atoms with van der Waals surface area (Å²) in [5, 5.41) is 4.15. The van der Waals surface area contributed by atoms with Crippen molar-refractivity contribution in [2.45, 2.75) is 26.9 Å². The van der Waals surface area contributed by atoms with E-state index in [1.807, 2.05) is 26.0 Å². The van der Waals surface area contributed by atoms with E-state index < -0.39 is 5.97 Å². The first-order chi connectivity index (χ1) is 10.0. The molecule has 0 saturated heterocycles. The molecule has 0 aliphatic carbocycles. The number of anilines is 1. The molecule has 0 saturated carbocycles. The van der Waals surface area contributed by atoms with Crippen LogP contribution in [0.4, 0.5) is 5.69 Å². The number of benzene rings is 1. The zero-order valence-corrected chi connectivity index (χ0v) is 12.4. The van der Waals surface area contributed by atoms with Gasteiger partial charge in [-0.15, -0.1) is 0 Å². The number of carbonyl (C=O) groups excluding carboxylic acids is 1. The molecule has 0 bridgehead atoms. The van der Waals surface area contributed by atoms with E-state index >= 15 is 0 Å². The minimum absolute atomic E-state index is 0.0234. The smallest absolute Gasteiger partial charge is 0.341 e. The standard InChI is InChI=1S/C15H19N3O3/c1-4-20-15(19)11-8-17-18(9-11)12-6-5-7-13(14(12)16)21-10(2)3/h5-10H,4,16H2,1-3H3. The SMILES string of the molecule is CCOC(=O)c1cnn(-c2cccc(OC(C)C)c2N)c1. The van der Waals surface area contributed by atoms with Gasteiger partial charge < -0.3 is 15.2 Å². The molecule has 112 valence electrons. The van der Waals surface area contributed by atoms with Crippen molar-refractivity contribution in [2.24, 2.45) is 0 Å². The summed E-state index contributed by atoms with van der Waals surface area (Å²) in [5.41, 5.74) is 7.62. The molecule has 0 atom stereocenters. The van der Waals surface area contributed by atoms with Gasteiger partial charge in [-0.3, -0.25) is 0 Å². The summed E-state index contributed by atoms with van der Waals surface area (Å²) in [7, 11) is 0. The van der Waals surface area contributed by atoms with Crippen LogP contribution in [0.15, 0.2) is 30.6 Å². The highest BCUT2D eigenvalue weighted by Gasteiger charge is 2.13. The van der Waals surface area contributed by atoms with Gasteiger partial charge in [0.1, 0.15) is 11.4 Å². The van der Waals surface area contributed by atoms with Crippen LogP contribution in [0.3, 0.4) is 0 Å². The Morgan fingerprint density at radius 3 is 2.86 bits per heavy atom. The summed E-state index contributed by atoms with van der Waals surface area (Å²) in [4.78, 5) is 11.7. The fourth-order valence-electron chi connectivity index (χ4n) is 1.86. The summed E-state index contributed by atoms with van der Waals surface area (Å²) >= 11 is 0. The highest BCUT2D eigenvalue weighted by atomic mass is 16.5. The third-order valence-corrected chi connectivity index (χ3v) is 2.75. The van der Waals surface area contributed by atoms with Gasteiger partial charge in [-0.25, -0.2) is 9.48 Å². The molecule has 6 heteroatoms. The van der Waals surface area contributed by atoms with Gasteiger partial charge in [0.05, 0.1) is 30.2 Å². The first-order valence-electron chi connectivity index (χ1n) is 6.80. The molecule has 1 aromatic carbocycles. The number of hydrogen-bond acceptors (Lipinski definition) is 5. The quantitative estimate of drug-likeness (QED) is 0.675. The van der Waals surface area contributed by atoms with Crippen LogP contribution in [-0.4, -0.2) is 28.5 Å². The zero-order chi connectivity index (χ0) is 15.4. The second-order valence-electron chi connectivity index (χ2n) is 4.75. The lowest BCUT2D eigenvalue weighted by Gasteiger charge is -2.14. The molecule has 0 aliphatic heterocycles. The van der Waals surface area contributed by atoms with Crippen LogP contribution in [0.1, 0.15) is 31.1 Å². The van der Waals surface area contributed by atoms with E-state index in [0.29, 0.717) is 29.3 Å². The maximum atomic E-state index is 11.7. The molecule has 0 amide bonds. The second kappa shape index (κ2) is 6.30. The second-order valence-corrected chi connectivity index (χ2v) is 4.75. The van der Waals surface area contributed by atoms with E-state index in [1.54, 1.807) is 19.2 Å². The molecule has 0 radical (unpaired) electrons. The van der Waals surface area contributed by atoms with Gasteiger partial charge in [-0.2, -0.15) is 5.10 Å². The van der Waals surface area contributed by atoms with Gasteiger partial charge in [0.2, 0.25) is 0 Å². The van der Waals surface area contributed by atoms with E-state index in [1.165, 1.54) is 10.9 Å². The molecule has 1 heterocycles. The number of rotatable bonds is 5. The van der Waals surface area contributed by atoms with Gasteiger partial charge in [0, 0.05) is 6.20 Å². The van der Waals surface area contributed by atoms with E-state index in [-0.39, 0.29) is 6.10 Å². The number of nitrogen functional groups attached to an aromatic ring is 1. The van der Waals surface area contributed by atoms with Gasteiger partial charge in [0.25, 0.3) is 0 Å².